The molecule has 0 fully saturated rings. The van der Waals surface area contributed by atoms with Gasteiger partial charge in [-0.3, -0.25) is 0 Å². The van der Waals surface area contributed by atoms with Gasteiger partial charge in [-0.2, -0.15) is 0 Å². The summed E-state index contributed by atoms with van der Waals surface area (Å²) in [5, 5.41) is 0.708. The van der Waals surface area contributed by atoms with Crippen LogP contribution < -0.4 is 10.5 Å². The molecule has 1 aromatic carbocycles. The Morgan fingerprint density at radius 1 is 1.33 bits per heavy atom. The predicted octanol–water partition coefficient (Wildman–Crippen LogP) is 1.61. The molecular weight excluding hydrogens is 212 g/mol. The van der Waals surface area contributed by atoms with Crippen molar-refractivity contribution in [3.05, 3.63) is 29.3 Å². The number of likely N-dealkylation sites (N-methyl/N-ethyl adjacent to an activating group) is 1. The average Bonchev–Trinajstić information content (AvgIpc) is 2.16. The van der Waals surface area contributed by atoms with Gasteiger partial charge < -0.3 is 15.4 Å². The largest absolute Gasteiger partial charge is 0.492 e. The van der Waals surface area contributed by atoms with Gasteiger partial charge in [-0.15, -0.1) is 0 Å². The van der Waals surface area contributed by atoms with Crippen LogP contribution in [0.5, 0.6) is 5.75 Å². The monoisotopic (exact) mass is 228 g/mol. The molecule has 3 nitrogen and oxygen atoms in total. The van der Waals surface area contributed by atoms with Gasteiger partial charge in [-0.1, -0.05) is 11.6 Å². The molecule has 0 spiro atoms. The zero-order valence-corrected chi connectivity index (χ0v) is 9.87. The lowest BCUT2D eigenvalue weighted by atomic mass is 10.3. The van der Waals surface area contributed by atoms with Crippen LogP contribution >= 0.6 is 11.6 Å². The van der Waals surface area contributed by atoms with Crippen LogP contribution in [-0.4, -0.2) is 38.2 Å². The number of benzene rings is 1. The lowest BCUT2D eigenvalue weighted by Gasteiger charge is -2.17. The van der Waals surface area contributed by atoms with E-state index in [4.69, 9.17) is 22.1 Å². The Morgan fingerprint density at radius 2 is 1.93 bits per heavy atom. The summed E-state index contributed by atoms with van der Waals surface area (Å²) in [6.07, 6.45) is 0. The van der Waals surface area contributed by atoms with Crippen LogP contribution in [0.2, 0.25) is 5.02 Å². The topological polar surface area (TPSA) is 38.5 Å². The zero-order chi connectivity index (χ0) is 11.3. The SMILES string of the molecule is CN(C)CC(N)COc1ccc(Cl)cc1. The van der Waals surface area contributed by atoms with E-state index in [2.05, 4.69) is 0 Å². The number of halogens is 1. The van der Waals surface area contributed by atoms with Gasteiger partial charge in [0.1, 0.15) is 12.4 Å². The van der Waals surface area contributed by atoms with Gasteiger partial charge in [-0.25, -0.2) is 0 Å². The molecule has 0 bridgehead atoms. The number of nitrogens with two attached hydrogens (primary N) is 1. The number of rotatable bonds is 5. The summed E-state index contributed by atoms with van der Waals surface area (Å²) in [5.74, 6) is 0.800. The molecule has 84 valence electrons. The van der Waals surface area contributed by atoms with E-state index in [1.807, 2.05) is 31.1 Å². The van der Waals surface area contributed by atoms with Gasteiger partial charge in [0.2, 0.25) is 0 Å². The summed E-state index contributed by atoms with van der Waals surface area (Å²) in [6.45, 7) is 1.33. The second-order valence-electron chi connectivity index (χ2n) is 3.79. The molecule has 1 unspecified atom stereocenters. The smallest absolute Gasteiger partial charge is 0.119 e. The maximum absolute atomic E-state index is 5.86. The minimum atomic E-state index is 0.0238. The minimum absolute atomic E-state index is 0.0238. The summed E-state index contributed by atoms with van der Waals surface area (Å²) in [5.41, 5.74) is 5.86. The van der Waals surface area contributed by atoms with Gasteiger partial charge in [0.25, 0.3) is 0 Å². The molecule has 0 aliphatic carbocycles. The standard InChI is InChI=1S/C11H17ClN2O/c1-14(2)7-10(13)8-15-11-5-3-9(12)4-6-11/h3-6,10H,7-8,13H2,1-2H3. The van der Waals surface area contributed by atoms with Crippen molar-refractivity contribution < 1.29 is 4.74 Å². The minimum Gasteiger partial charge on any atom is -0.492 e. The lowest BCUT2D eigenvalue weighted by Crippen LogP contribution is -2.37. The molecule has 1 aromatic rings. The van der Waals surface area contributed by atoms with Crippen molar-refractivity contribution in [1.29, 1.82) is 0 Å². The Balaban J connectivity index is 2.33. The lowest BCUT2D eigenvalue weighted by molar-refractivity contribution is 0.254. The van der Waals surface area contributed by atoms with Crippen molar-refractivity contribution in [2.75, 3.05) is 27.2 Å². The number of nitrogens with zero attached hydrogens (tertiary/aromatic N) is 1. The predicted molar refractivity (Wildman–Crippen MR) is 63.5 cm³/mol. The maximum Gasteiger partial charge on any atom is 0.119 e. The van der Waals surface area contributed by atoms with Gasteiger partial charge >= 0.3 is 0 Å². The van der Waals surface area contributed by atoms with E-state index in [1.54, 1.807) is 12.1 Å². The molecule has 1 rings (SSSR count). The van der Waals surface area contributed by atoms with E-state index >= 15 is 0 Å². The van der Waals surface area contributed by atoms with Crippen molar-refractivity contribution in [3.63, 3.8) is 0 Å². The quantitative estimate of drug-likeness (QED) is 0.832. The van der Waals surface area contributed by atoms with Crippen LogP contribution in [0.4, 0.5) is 0 Å². The van der Waals surface area contributed by atoms with Crippen LogP contribution in [0.15, 0.2) is 24.3 Å². The zero-order valence-electron chi connectivity index (χ0n) is 9.11. The summed E-state index contributed by atoms with van der Waals surface area (Å²) in [6, 6.07) is 7.30. The molecule has 0 amide bonds. The highest BCUT2D eigenvalue weighted by molar-refractivity contribution is 6.30. The fourth-order valence-corrected chi connectivity index (χ4v) is 1.38. The Kier molecular flexibility index (Phi) is 4.88. The van der Waals surface area contributed by atoms with Gasteiger partial charge in [0.15, 0.2) is 0 Å². The number of hydrogen-bond donors (Lipinski definition) is 1. The molecular formula is C11H17ClN2O. The molecule has 1 atom stereocenters. The first-order chi connectivity index (χ1) is 7.08. The summed E-state index contributed by atoms with van der Waals surface area (Å²) >= 11 is 5.76. The Labute approximate surface area is 95.8 Å². The highest BCUT2D eigenvalue weighted by Gasteiger charge is 2.04. The summed E-state index contributed by atoms with van der Waals surface area (Å²) in [4.78, 5) is 2.04. The molecule has 0 saturated heterocycles. The van der Waals surface area contributed by atoms with E-state index in [0.29, 0.717) is 11.6 Å². The second kappa shape index (κ2) is 5.95. The van der Waals surface area contributed by atoms with E-state index in [9.17, 15) is 0 Å². The van der Waals surface area contributed by atoms with Crippen LogP contribution in [0, 0.1) is 0 Å². The number of ether oxygens (including phenoxy) is 1. The Hall–Kier alpha value is -0.770. The first kappa shape index (κ1) is 12.3. The number of hydrogen-bond acceptors (Lipinski definition) is 3. The van der Waals surface area contributed by atoms with Crippen LogP contribution in [0.25, 0.3) is 0 Å². The normalized spacial score (nSPS) is 12.9. The third kappa shape index (κ3) is 5.02. The van der Waals surface area contributed by atoms with Crippen molar-refractivity contribution in [2.45, 2.75) is 6.04 Å². The van der Waals surface area contributed by atoms with E-state index in [-0.39, 0.29) is 6.04 Å². The Bertz CT molecular complexity index is 287. The van der Waals surface area contributed by atoms with Crippen molar-refractivity contribution in [2.24, 2.45) is 5.73 Å². The second-order valence-corrected chi connectivity index (χ2v) is 4.22. The molecule has 4 heteroatoms. The van der Waals surface area contributed by atoms with Gasteiger partial charge in [0, 0.05) is 11.6 Å². The van der Waals surface area contributed by atoms with Crippen molar-refractivity contribution in [3.8, 4) is 5.75 Å². The molecule has 2 N–H and O–H groups in total. The van der Waals surface area contributed by atoms with Gasteiger partial charge in [0.05, 0.1) is 6.04 Å². The van der Waals surface area contributed by atoms with Crippen LogP contribution in [-0.2, 0) is 0 Å². The fraction of sp³-hybridized carbons (Fsp3) is 0.455. The van der Waals surface area contributed by atoms with Crippen LogP contribution in [0.1, 0.15) is 0 Å². The first-order valence-corrected chi connectivity index (χ1v) is 5.24. The molecule has 0 heterocycles. The highest BCUT2D eigenvalue weighted by atomic mass is 35.5. The molecule has 0 aliphatic rings. The third-order valence-electron chi connectivity index (χ3n) is 1.88. The molecule has 0 saturated carbocycles. The van der Waals surface area contributed by atoms with E-state index < -0.39 is 0 Å². The van der Waals surface area contributed by atoms with Crippen molar-refractivity contribution >= 4 is 11.6 Å². The fourth-order valence-electron chi connectivity index (χ4n) is 1.26. The summed E-state index contributed by atoms with van der Waals surface area (Å²) in [7, 11) is 3.98. The molecule has 0 aromatic heterocycles. The highest BCUT2D eigenvalue weighted by Crippen LogP contribution is 2.15. The van der Waals surface area contributed by atoms with Crippen LogP contribution in [0.3, 0.4) is 0 Å². The molecule has 0 aliphatic heterocycles. The average molecular weight is 229 g/mol. The Morgan fingerprint density at radius 3 is 2.47 bits per heavy atom. The summed E-state index contributed by atoms with van der Waals surface area (Å²) < 4.78 is 5.51. The molecule has 0 radical (unpaired) electrons. The maximum atomic E-state index is 5.86. The molecule has 15 heavy (non-hydrogen) atoms. The first-order valence-electron chi connectivity index (χ1n) is 4.86. The van der Waals surface area contributed by atoms with Crippen molar-refractivity contribution in [1.82, 2.24) is 4.90 Å². The van der Waals surface area contributed by atoms with Gasteiger partial charge in [-0.05, 0) is 38.4 Å². The third-order valence-corrected chi connectivity index (χ3v) is 2.13. The van der Waals surface area contributed by atoms with E-state index in [0.717, 1.165) is 12.3 Å². The van der Waals surface area contributed by atoms with E-state index in [1.165, 1.54) is 0 Å².